The van der Waals surface area contributed by atoms with Crippen LogP contribution in [0.25, 0.3) is 0 Å². The lowest BCUT2D eigenvalue weighted by atomic mass is 10.3. The highest BCUT2D eigenvalue weighted by Crippen LogP contribution is 2.14. The van der Waals surface area contributed by atoms with Crippen LogP contribution in [0.4, 0.5) is 0 Å². The lowest BCUT2D eigenvalue weighted by molar-refractivity contribution is -0.121. The number of hydrogen-bond acceptors (Lipinski definition) is 4. The predicted octanol–water partition coefficient (Wildman–Crippen LogP) is 1.83. The molecule has 0 atom stereocenters. The molecule has 1 aromatic heterocycles. The molecular weight excluding hydrogens is 382 g/mol. The van der Waals surface area contributed by atoms with Crippen LogP contribution in [0.3, 0.4) is 0 Å². The first-order chi connectivity index (χ1) is 11.0. The number of pyridine rings is 1. The summed E-state index contributed by atoms with van der Waals surface area (Å²) in [5.41, 5.74) is 0.885. The average molecular weight is 398 g/mol. The second-order valence-corrected chi connectivity index (χ2v) is 7.42. The Morgan fingerprint density at radius 3 is 2.57 bits per heavy atom. The van der Waals surface area contributed by atoms with Crippen LogP contribution >= 0.6 is 15.9 Å². The van der Waals surface area contributed by atoms with Gasteiger partial charge in [-0.2, -0.15) is 0 Å². The van der Waals surface area contributed by atoms with E-state index in [2.05, 4.69) is 31.0 Å². The molecule has 2 N–H and O–H groups in total. The number of rotatable bonds is 7. The first-order valence-corrected chi connectivity index (χ1v) is 9.16. The summed E-state index contributed by atoms with van der Waals surface area (Å²) >= 11 is 3.25. The largest absolute Gasteiger partial charge is 0.352 e. The fourth-order valence-electron chi connectivity index (χ4n) is 1.79. The van der Waals surface area contributed by atoms with Crippen LogP contribution in [0.15, 0.2) is 58.2 Å². The summed E-state index contributed by atoms with van der Waals surface area (Å²) in [5.74, 6) is -0.229. The lowest BCUT2D eigenvalue weighted by Gasteiger charge is -2.08. The zero-order valence-corrected chi connectivity index (χ0v) is 14.6. The van der Waals surface area contributed by atoms with E-state index in [1.54, 1.807) is 30.6 Å². The molecule has 122 valence electrons. The zero-order valence-electron chi connectivity index (χ0n) is 12.2. The Hall–Kier alpha value is -1.77. The average Bonchev–Trinajstić information content (AvgIpc) is 2.54. The number of hydrogen-bond donors (Lipinski definition) is 2. The standard InChI is InChI=1S/C15H16BrN3O3S/c16-13-3-5-14(6-4-13)23(21,22)19-9-7-15(20)18-11-12-2-1-8-17-10-12/h1-6,8,10,19H,7,9,11H2,(H,18,20). The Morgan fingerprint density at radius 2 is 1.91 bits per heavy atom. The van der Waals surface area contributed by atoms with Crippen LogP contribution in [0.2, 0.25) is 0 Å². The second kappa shape index (κ2) is 8.19. The van der Waals surface area contributed by atoms with Gasteiger partial charge in [-0.3, -0.25) is 9.78 Å². The maximum atomic E-state index is 12.0. The third kappa shape index (κ3) is 5.74. The summed E-state index contributed by atoms with van der Waals surface area (Å²) in [7, 11) is -3.60. The molecule has 0 unspecified atom stereocenters. The van der Waals surface area contributed by atoms with Gasteiger partial charge in [-0.25, -0.2) is 13.1 Å². The molecule has 6 nitrogen and oxygen atoms in total. The molecule has 1 amide bonds. The van der Waals surface area contributed by atoms with Crippen molar-refractivity contribution in [3.05, 3.63) is 58.8 Å². The van der Waals surface area contributed by atoms with Gasteiger partial charge < -0.3 is 5.32 Å². The monoisotopic (exact) mass is 397 g/mol. The molecule has 0 aliphatic rings. The molecule has 0 bridgehead atoms. The number of nitrogens with zero attached hydrogens (tertiary/aromatic N) is 1. The summed E-state index contributed by atoms with van der Waals surface area (Å²) in [4.78, 5) is 15.8. The number of carbonyl (C=O) groups is 1. The van der Waals surface area contributed by atoms with E-state index in [4.69, 9.17) is 0 Å². The van der Waals surface area contributed by atoms with Crippen molar-refractivity contribution < 1.29 is 13.2 Å². The minimum atomic E-state index is -3.60. The third-order valence-electron chi connectivity index (χ3n) is 2.98. The minimum Gasteiger partial charge on any atom is -0.352 e. The number of carbonyl (C=O) groups excluding carboxylic acids is 1. The van der Waals surface area contributed by atoms with Gasteiger partial charge in [0.15, 0.2) is 0 Å². The summed E-state index contributed by atoms with van der Waals surface area (Å²) < 4.78 is 27.3. The number of sulfonamides is 1. The number of benzene rings is 1. The van der Waals surface area contributed by atoms with Gasteiger partial charge >= 0.3 is 0 Å². The Bertz CT molecular complexity index is 749. The van der Waals surface area contributed by atoms with Gasteiger partial charge in [0.1, 0.15) is 0 Å². The smallest absolute Gasteiger partial charge is 0.240 e. The SMILES string of the molecule is O=C(CCNS(=O)(=O)c1ccc(Br)cc1)NCc1cccnc1. The van der Waals surface area contributed by atoms with Gasteiger partial charge in [-0.05, 0) is 35.9 Å². The van der Waals surface area contributed by atoms with Crippen molar-refractivity contribution in [2.45, 2.75) is 17.9 Å². The van der Waals surface area contributed by atoms with Crippen LogP contribution in [-0.4, -0.2) is 25.9 Å². The predicted molar refractivity (Wildman–Crippen MR) is 90.0 cm³/mol. The van der Waals surface area contributed by atoms with Crippen LogP contribution in [0.5, 0.6) is 0 Å². The summed E-state index contributed by atoms with van der Waals surface area (Å²) in [6.07, 6.45) is 3.38. The Kier molecular flexibility index (Phi) is 6.26. The molecule has 0 spiro atoms. The molecule has 2 aromatic rings. The molecule has 0 saturated heterocycles. The molecule has 23 heavy (non-hydrogen) atoms. The van der Waals surface area contributed by atoms with Crippen molar-refractivity contribution in [1.82, 2.24) is 15.0 Å². The molecule has 2 rings (SSSR count). The van der Waals surface area contributed by atoms with E-state index < -0.39 is 10.0 Å². The van der Waals surface area contributed by atoms with Gasteiger partial charge in [-0.15, -0.1) is 0 Å². The second-order valence-electron chi connectivity index (χ2n) is 4.74. The van der Waals surface area contributed by atoms with Crippen molar-refractivity contribution >= 4 is 31.9 Å². The van der Waals surface area contributed by atoms with E-state index in [0.29, 0.717) is 6.54 Å². The van der Waals surface area contributed by atoms with Crippen molar-refractivity contribution in [2.75, 3.05) is 6.54 Å². The molecule has 8 heteroatoms. The van der Waals surface area contributed by atoms with E-state index >= 15 is 0 Å². The fraction of sp³-hybridized carbons (Fsp3) is 0.200. The van der Waals surface area contributed by atoms with Gasteiger partial charge in [0, 0.05) is 36.4 Å². The van der Waals surface area contributed by atoms with Crippen LogP contribution < -0.4 is 10.0 Å². The normalized spacial score (nSPS) is 11.2. The Labute approximate surface area is 143 Å². The maximum absolute atomic E-state index is 12.0. The van der Waals surface area contributed by atoms with Gasteiger partial charge in [-0.1, -0.05) is 22.0 Å². The molecule has 0 aliphatic carbocycles. The quantitative estimate of drug-likeness (QED) is 0.745. The maximum Gasteiger partial charge on any atom is 0.240 e. The molecule has 0 fully saturated rings. The highest BCUT2D eigenvalue weighted by Gasteiger charge is 2.13. The summed E-state index contributed by atoms with van der Waals surface area (Å²) in [6.45, 7) is 0.406. The van der Waals surface area contributed by atoms with Gasteiger partial charge in [0.25, 0.3) is 0 Å². The molecule has 0 saturated carbocycles. The molecular formula is C15H16BrN3O3S. The lowest BCUT2D eigenvalue weighted by Crippen LogP contribution is -2.30. The van der Waals surface area contributed by atoms with Crippen LogP contribution in [0, 0.1) is 0 Å². The van der Waals surface area contributed by atoms with E-state index in [1.165, 1.54) is 12.1 Å². The van der Waals surface area contributed by atoms with E-state index in [-0.39, 0.29) is 23.8 Å². The Balaban J connectivity index is 1.77. The summed E-state index contributed by atoms with van der Waals surface area (Å²) in [5, 5.41) is 2.71. The highest BCUT2D eigenvalue weighted by atomic mass is 79.9. The van der Waals surface area contributed by atoms with Crippen LogP contribution in [0.1, 0.15) is 12.0 Å². The molecule has 1 heterocycles. The third-order valence-corrected chi connectivity index (χ3v) is 4.99. The first-order valence-electron chi connectivity index (χ1n) is 6.88. The van der Waals surface area contributed by atoms with Crippen molar-refractivity contribution in [2.24, 2.45) is 0 Å². The van der Waals surface area contributed by atoms with E-state index in [1.807, 2.05) is 6.07 Å². The van der Waals surface area contributed by atoms with E-state index in [9.17, 15) is 13.2 Å². The van der Waals surface area contributed by atoms with Gasteiger partial charge in [0.05, 0.1) is 4.90 Å². The minimum absolute atomic E-state index is 0.0390. The molecule has 0 aliphatic heterocycles. The first kappa shape index (κ1) is 17.6. The number of aromatic nitrogens is 1. The molecule has 0 radical (unpaired) electrons. The topological polar surface area (TPSA) is 88.2 Å². The Morgan fingerprint density at radius 1 is 1.17 bits per heavy atom. The van der Waals surface area contributed by atoms with Crippen LogP contribution in [-0.2, 0) is 21.4 Å². The number of amides is 1. The van der Waals surface area contributed by atoms with Crippen molar-refractivity contribution in [3.63, 3.8) is 0 Å². The zero-order chi connectivity index (χ0) is 16.7. The number of nitrogens with one attached hydrogen (secondary N) is 2. The van der Waals surface area contributed by atoms with Gasteiger partial charge in [0.2, 0.25) is 15.9 Å². The van der Waals surface area contributed by atoms with Crippen molar-refractivity contribution in [3.8, 4) is 0 Å². The highest BCUT2D eigenvalue weighted by molar-refractivity contribution is 9.10. The molecule has 1 aromatic carbocycles. The van der Waals surface area contributed by atoms with Crippen molar-refractivity contribution in [1.29, 1.82) is 0 Å². The summed E-state index contributed by atoms with van der Waals surface area (Å²) in [6, 6.07) is 9.92. The number of halogens is 1. The van der Waals surface area contributed by atoms with E-state index in [0.717, 1.165) is 10.0 Å². The fourth-order valence-corrected chi connectivity index (χ4v) is 3.08.